The van der Waals surface area contributed by atoms with Gasteiger partial charge in [-0.1, -0.05) is 218 Å². The van der Waals surface area contributed by atoms with E-state index in [2.05, 4.69) is 148 Å². The van der Waals surface area contributed by atoms with Crippen LogP contribution >= 0.6 is 0 Å². The molecule has 1 atom stereocenters. The van der Waals surface area contributed by atoms with Gasteiger partial charge in [-0.2, -0.15) is 0 Å². The van der Waals surface area contributed by atoms with Crippen LogP contribution in [0, 0.1) is 0 Å². The normalized spacial score (nSPS) is 13.4. The average molecular weight is 883 g/mol. The maximum Gasteiger partial charge on any atom is 0.306 e. The van der Waals surface area contributed by atoms with Crippen molar-refractivity contribution >= 4 is 11.9 Å². The van der Waals surface area contributed by atoms with Crippen LogP contribution in [0.3, 0.4) is 0 Å². The van der Waals surface area contributed by atoms with Crippen LogP contribution in [0.25, 0.3) is 0 Å². The molecule has 0 rings (SSSR count). The summed E-state index contributed by atoms with van der Waals surface area (Å²) >= 11 is 0. The number of ether oxygens (including phenoxy) is 2. The van der Waals surface area contributed by atoms with Gasteiger partial charge in [0.1, 0.15) is 6.61 Å². The Labute approximate surface area is 394 Å². The number of unbranched alkanes of at least 4 members (excludes halogenated alkanes) is 15. The Kier molecular flexibility index (Phi) is 50.1. The third kappa shape index (κ3) is 50.7. The molecule has 0 saturated carbocycles. The van der Waals surface area contributed by atoms with E-state index >= 15 is 0 Å². The van der Waals surface area contributed by atoms with Gasteiger partial charge in [-0.05, 0) is 109 Å². The number of carbonyl (C=O) groups is 2. The van der Waals surface area contributed by atoms with Crippen LogP contribution < -0.4 is 0 Å². The first-order valence-electron chi connectivity index (χ1n) is 25.7. The number of rotatable bonds is 45. The van der Waals surface area contributed by atoms with Crippen molar-refractivity contribution in [2.45, 2.75) is 213 Å². The van der Waals surface area contributed by atoms with Crippen molar-refractivity contribution < 1.29 is 24.2 Å². The summed E-state index contributed by atoms with van der Waals surface area (Å²) in [7, 11) is 0. The third-order valence-electron chi connectivity index (χ3n) is 10.4. The van der Waals surface area contributed by atoms with E-state index in [4.69, 9.17) is 9.47 Å². The largest absolute Gasteiger partial charge is 0.462 e. The number of hydrogen-bond acceptors (Lipinski definition) is 5. The second kappa shape index (κ2) is 53.4. The summed E-state index contributed by atoms with van der Waals surface area (Å²) in [6.45, 7) is 3.86. The van der Waals surface area contributed by atoms with Gasteiger partial charge in [0, 0.05) is 12.8 Å². The highest BCUT2D eigenvalue weighted by Gasteiger charge is 2.16. The lowest BCUT2D eigenvalue weighted by atomic mass is 10.0. The van der Waals surface area contributed by atoms with Crippen molar-refractivity contribution in [1.29, 1.82) is 0 Å². The van der Waals surface area contributed by atoms with E-state index in [9.17, 15) is 14.7 Å². The summed E-state index contributed by atoms with van der Waals surface area (Å²) in [5.74, 6) is -0.649. The highest BCUT2D eigenvalue weighted by atomic mass is 16.6. The predicted octanol–water partition coefficient (Wildman–Crippen LogP) is 17.3. The minimum Gasteiger partial charge on any atom is -0.462 e. The molecule has 360 valence electrons. The smallest absolute Gasteiger partial charge is 0.306 e. The molecule has 0 amide bonds. The first-order valence-corrected chi connectivity index (χ1v) is 25.7. The molecule has 0 aliphatic rings. The van der Waals surface area contributed by atoms with Crippen LogP contribution in [0.2, 0.25) is 0 Å². The molecule has 5 heteroatoms. The molecule has 5 nitrogen and oxygen atoms in total. The molecule has 0 fully saturated rings. The zero-order valence-electron chi connectivity index (χ0n) is 41.0. The molecule has 0 aromatic carbocycles. The quantitative estimate of drug-likeness (QED) is 0.0375. The van der Waals surface area contributed by atoms with Gasteiger partial charge in [0.15, 0.2) is 6.10 Å². The van der Waals surface area contributed by atoms with Gasteiger partial charge in [0.2, 0.25) is 0 Å². The summed E-state index contributed by atoms with van der Waals surface area (Å²) in [6.07, 6.45) is 79.8. The third-order valence-corrected chi connectivity index (χ3v) is 10.4. The van der Waals surface area contributed by atoms with E-state index in [0.717, 1.165) is 109 Å². The standard InChI is InChI=1S/C59H94O5/c1-3-5-7-9-11-13-15-17-19-20-21-22-23-24-25-26-27-28-29-30-31-32-33-34-35-36-37-38-40-42-44-46-48-50-52-54-59(62)64-57(55-60)56-63-58(61)53-51-49-47-45-43-41-39-18-16-14-12-10-8-6-4-2/h5-8,11-14,17-19,21-22,24-25,27-28,30-31,39,43,45,57,60H,3-4,9-10,15-16,20,23,26,29,32-38,40-42,44,46-56H2,1-2H3/b7-5-,8-6-,13-11-,14-12-,19-17-,22-21-,25-24-,28-27-,31-30-,39-18-,45-43-. The van der Waals surface area contributed by atoms with Crippen LogP contribution in [0.4, 0.5) is 0 Å². The van der Waals surface area contributed by atoms with Gasteiger partial charge in [-0.25, -0.2) is 0 Å². The second-order valence-electron chi connectivity index (χ2n) is 16.5. The number of aliphatic hydroxyl groups excluding tert-OH is 1. The summed E-state index contributed by atoms with van der Waals surface area (Å²) in [5.41, 5.74) is 0. The fourth-order valence-electron chi connectivity index (χ4n) is 6.64. The van der Waals surface area contributed by atoms with Crippen molar-refractivity contribution in [2.24, 2.45) is 0 Å². The van der Waals surface area contributed by atoms with Gasteiger partial charge < -0.3 is 14.6 Å². The molecule has 0 heterocycles. The molecular formula is C59H94O5. The summed E-state index contributed by atoms with van der Waals surface area (Å²) in [5, 5.41) is 9.61. The monoisotopic (exact) mass is 883 g/mol. The highest BCUT2D eigenvalue weighted by Crippen LogP contribution is 2.14. The maximum atomic E-state index is 12.3. The van der Waals surface area contributed by atoms with Crippen LogP contribution in [0.5, 0.6) is 0 Å². The molecule has 0 aromatic rings. The van der Waals surface area contributed by atoms with E-state index in [1.165, 1.54) is 70.6 Å². The van der Waals surface area contributed by atoms with E-state index in [0.29, 0.717) is 12.8 Å². The molecule has 1 N–H and O–H groups in total. The van der Waals surface area contributed by atoms with E-state index < -0.39 is 6.10 Å². The molecule has 0 bridgehead atoms. The maximum absolute atomic E-state index is 12.3. The van der Waals surface area contributed by atoms with Crippen LogP contribution in [-0.4, -0.2) is 36.4 Å². The minimum absolute atomic E-state index is 0.0949. The Bertz CT molecular complexity index is 1370. The lowest BCUT2D eigenvalue weighted by molar-refractivity contribution is -0.161. The average Bonchev–Trinajstić information content (AvgIpc) is 3.30. The highest BCUT2D eigenvalue weighted by molar-refractivity contribution is 5.70. The van der Waals surface area contributed by atoms with Crippen molar-refractivity contribution in [3.05, 3.63) is 134 Å². The van der Waals surface area contributed by atoms with Gasteiger partial charge in [0.25, 0.3) is 0 Å². The first kappa shape index (κ1) is 60.0. The summed E-state index contributed by atoms with van der Waals surface area (Å²) < 4.78 is 10.6. The molecule has 0 aliphatic carbocycles. The lowest BCUT2D eigenvalue weighted by Crippen LogP contribution is -2.28. The molecule has 0 saturated heterocycles. The Balaban J connectivity index is 3.57. The summed E-state index contributed by atoms with van der Waals surface area (Å²) in [4.78, 5) is 24.4. The molecule has 0 aromatic heterocycles. The van der Waals surface area contributed by atoms with Crippen molar-refractivity contribution in [3.63, 3.8) is 0 Å². The van der Waals surface area contributed by atoms with Crippen LogP contribution in [0.1, 0.15) is 206 Å². The zero-order chi connectivity index (χ0) is 46.3. The number of carbonyl (C=O) groups excluding carboxylic acids is 2. The molecule has 1 unspecified atom stereocenters. The number of esters is 2. The topological polar surface area (TPSA) is 72.8 Å². The van der Waals surface area contributed by atoms with Crippen molar-refractivity contribution in [2.75, 3.05) is 13.2 Å². The number of hydrogen-bond donors (Lipinski definition) is 1. The molecule has 0 radical (unpaired) electrons. The second-order valence-corrected chi connectivity index (χ2v) is 16.5. The minimum atomic E-state index is -0.798. The summed E-state index contributed by atoms with van der Waals surface area (Å²) in [6, 6.07) is 0. The van der Waals surface area contributed by atoms with Crippen molar-refractivity contribution in [1.82, 2.24) is 0 Å². The van der Waals surface area contributed by atoms with Crippen LogP contribution in [-0.2, 0) is 19.1 Å². The Morgan fingerprint density at radius 2 is 0.625 bits per heavy atom. The number of allylic oxidation sites excluding steroid dienone is 22. The Hall–Kier alpha value is -3.96. The van der Waals surface area contributed by atoms with E-state index in [-0.39, 0.29) is 25.2 Å². The van der Waals surface area contributed by atoms with E-state index in [1.54, 1.807) is 0 Å². The van der Waals surface area contributed by atoms with Crippen molar-refractivity contribution in [3.8, 4) is 0 Å². The fraction of sp³-hybridized carbons (Fsp3) is 0.593. The molecular weight excluding hydrogens is 789 g/mol. The zero-order valence-corrected chi connectivity index (χ0v) is 41.0. The lowest BCUT2D eigenvalue weighted by Gasteiger charge is -2.15. The predicted molar refractivity (Wildman–Crippen MR) is 278 cm³/mol. The first-order chi connectivity index (χ1) is 31.6. The van der Waals surface area contributed by atoms with Gasteiger partial charge in [-0.3, -0.25) is 9.59 Å². The van der Waals surface area contributed by atoms with Gasteiger partial charge in [0.05, 0.1) is 6.61 Å². The number of aliphatic hydroxyl groups is 1. The van der Waals surface area contributed by atoms with Gasteiger partial charge in [-0.15, -0.1) is 0 Å². The van der Waals surface area contributed by atoms with Crippen LogP contribution in [0.15, 0.2) is 134 Å². The van der Waals surface area contributed by atoms with E-state index in [1.807, 2.05) is 0 Å². The SMILES string of the molecule is CC/C=C\C/C=C\C/C=C\C/C=C\C/C=C\C/C=C\C/C=C\CCCCCCCCCCCCCCCC(=O)OC(CO)COC(=O)CCCC/C=C\C/C=C\C/C=C\C/C=C\CC. The molecule has 0 spiro atoms. The Morgan fingerprint density at radius 3 is 0.969 bits per heavy atom. The van der Waals surface area contributed by atoms with Gasteiger partial charge >= 0.3 is 11.9 Å². The Morgan fingerprint density at radius 1 is 0.359 bits per heavy atom. The molecule has 0 aliphatic heterocycles. The molecule has 64 heavy (non-hydrogen) atoms. The fourth-order valence-corrected chi connectivity index (χ4v) is 6.64.